The number of halogens is 2. The van der Waals surface area contributed by atoms with Crippen molar-refractivity contribution < 1.29 is 13.6 Å². The Bertz CT molecular complexity index is 441. The van der Waals surface area contributed by atoms with Crippen LogP contribution in [-0.2, 0) is 0 Å². The average Bonchev–Trinajstić information content (AvgIpc) is 2.43. The van der Waals surface area contributed by atoms with E-state index in [0.29, 0.717) is 6.42 Å². The van der Waals surface area contributed by atoms with Gasteiger partial charge in [0.1, 0.15) is 0 Å². The highest BCUT2D eigenvalue weighted by Crippen LogP contribution is 2.18. The van der Waals surface area contributed by atoms with Crippen LogP contribution in [0.3, 0.4) is 0 Å². The monoisotopic (exact) mass is 282 g/mol. The van der Waals surface area contributed by atoms with E-state index in [1.165, 1.54) is 44.7 Å². The van der Waals surface area contributed by atoms with Gasteiger partial charge < -0.3 is 0 Å². The SMILES string of the molecule is CCCCCCCCCC(=O)c1ccc(C)c(F)c1F. The Morgan fingerprint density at radius 3 is 2.20 bits per heavy atom. The van der Waals surface area contributed by atoms with Crippen molar-refractivity contribution in [2.45, 2.75) is 65.2 Å². The van der Waals surface area contributed by atoms with E-state index in [9.17, 15) is 13.6 Å². The zero-order chi connectivity index (χ0) is 15.0. The average molecular weight is 282 g/mol. The number of Topliss-reactive ketones (excluding diaryl/α,β-unsaturated/α-hetero) is 1. The topological polar surface area (TPSA) is 17.1 Å². The lowest BCUT2D eigenvalue weighted by atomic mass is 10.0. The molecule has 1 nitrogen and oxygen atoms in total. The van der Waals surface area contributed by atoms with E-state index < -0.39 is 11.6 Å². The van der Waals surface area contributed by atoms with Gasteiger partial charge in [-0.05, 0) is 25.0 Å². The van der Waals surface area contributed by atoms with E-state index in [2.05, 4.69) is 6.92 Å². The van der Waals surface area contributed by atoms with Gasteiger partial charge in [-0.2, -0.15) is 0 Å². The van der Waals surface area contributed by atoms with Crippen molar-refractivity contribution >= 4 is 5.78 Å². The van der Waals surface area contributed by atoms with Crippen LogP contribution in [0.25, 0.3) is 0 Å². The normalized spacial score (nSPS) is 10.8. The van der Waals surface area contributed by atoms with Crippen LogP contribution in [0, 0.1) is 18.6 Å². The van der Waals surface area contributed by atoms with Gasteiger partial charge >= 0.3 is 0 Å². The Morgan fingerprint density at radius 1 is 0.950 bits per heavy atom. The summed E-state index contributed by atoms with van der Waals surface area (Å²) in [5.41, 5.74) is 0.119. The highest BCUT2D eigenvalue weighted by Gasteiger charge is 2.16. The molecule has 0 unspecified atom stereocenters. The molecule has 0 saturated heterocycles. The van der Waals surface area contributed by atoms with Crippen LogP contribution in [0.2, 0.25) is 0 Å². The van der Waals surface area contributed by atoms with Gasteiger partial charge in [-0.15, -0.1) is 0 Å². The fourth-order valence-corrected chi connectivity index (χ4v) is 2.24. The van der Waals surface area contributed by atoms with E-state index in [-0.39, 0.29) is 16.9 Å². The number of ketones is 1. The minimum absolute atomic E-state index is 0.112. The van der Waals surface area contributed by atoms with E-state index in [1.54, 1.807) is 0 Å². The molecule has 0 atom stereocenters. The van der Waals surface area contributed by atoms with Gasteiger partial charge in [0, 0.05) is 6.42 Å². The van der Waals surface area contributed by atoms with Crippen molar-refractivity contribution in [1.82, 2.24) is 0 Å². The van der Waals surface area contributed by atoms with Crippen LogP contribution in [0.15, 0.2) is 12.1 Å². The van der Waals surface area contributed by atoms with Crippen molar-refractivity contribution in [2.24, 2.45) is 0 Å². The Kier molecular flexibility index (Phi) is 7.42. The van der Waals surface area contributed by atoms with Crippen molar-refractivity contribution in [2.75, 3.05) is 0 Å². The highest BCUT2D eigenvalue weighted by molar-refractivity contribution is 5.96. The molecule has 0 radical (unpaired) electrons. The molecule has 3 heteroatoms. The van der Waals surface area contributed by atoms with Crippen LogP contribution in [0.4, 0.5) is 8.78 Å². The molecule has 112 valence electrons. The van der Waals surface area contributed by atoms with Crippen molar-refractivity contribution in [3.8, 4) is 0 Å². The lowest BCUT2D eigenvalue weighted by molar-refractivity contribution is 0.0974. The molecule has 1 aromatic carbocycles. The molecule has 0 aliphatic rings. The number of hydrogen-bond donors (Lipinski definition) is 0. The van der Waals surface area contributed by atoms with Crippen LogP contribution >= 0.6 is 0 Å². The van der Waals surface area contributed by atoms with Crippen molar-refractivity contribution in [3.63, 3.8) is 0 Å². The van der Waals surface area contributed by atoms with Gasteiger partial charge in [0.2, 0.25) is 0 Å². The van der Waals surface area contributed by atoms with E-state index in [1.807, 2.05) is 0 Å². The molecular formula is C17H24F2O. The number of hydrogen-bond acceptors (Lipinski definition) is 1. The van der Waals surface area contributed by atoms with Gasteiger partial charge in [0.25, 0.3) is 0 Å². The quantitative estimate of drug-likeness (QED) is 0.426. The summed E-state index contributed by atoms with van der Waals surface area (Å²) >= 11 is 0. The fraction of sp³-hybridized carbons (Fsp3) is 0.588. The number of carbonyl (C=O) groups is 1. The molecule has 0 saturated carbocycles. The second kappa shape index (κ2) is 8.83. The molecule has 1 rings (SSSR count). The third kappa shape index (κ3) is 5.03. The van der Waals surface area contributed by atoms with E-state index in [0.717, 1.165) is 19.3 Å². The molecule has 0 amide bonds. The highest BCUT2D eigenvalue weighted by atomic mass is 19.2. The minimum Gasteiger partial charge on any atom is -0.294 e. The lowest BCUT2D eigenvalue weighted by Gasteiger charge is -2.05. The summed E-state index contributed by atoms with van der Waals surface area (Å²) in [5.74, 6) is -2.21. The molecule has 0 aromatic heterocycles. The first kappa shape index (κ1) is 16.8. The minimum atomic E-state index is -1.00. The largest absolute Gasteiger partial charge is 0.294 e. The molecule has 0 spiro atoms. The summed E-state index contributed by atoms with van der Waals surface area (Å²) in [6.45, 7) is 3.66. The smallest absolute Gasteiger partial charge is 0.169 e. The molecule has 0 heterocycles. The molecule has 0 N–H and O–H groups in total. The Labute approximate surface area is 120 Å². The molecule has 0 fully saturated rings. The first-order valence-electron chi connectivity index (χ1n) is 7.55. The molecule has 0 bridgehead atoms. The van der Waals surface area contributed by atoms with E-state index in [4.69, 9.17) is 0 Å². The summed E-state index contributed by atoms with van der Waals surface area (Å²) in [7, 11) is 0. The first-order chi connectivity index (χ1) is 9.57. The van der Waals surface area contributed by atoms with Crippen LogP contribution in [0.5, 0.6) is 0 Å². The fourth-order valence-electron chi connectivity index (χ4n) is 2.24. The van der Waals surface area contributed by atoms with E-state index >= 15 is 0 Å². The summed E-state index contributed by atoms with van der Waals surface area (Å²) in [6, 6.07) is 2.84. The predicted molar refractivity (Wildman–Crippen MR) is 78.0 cm³/mol. The zero-order valence-corrected chi connectivity index (χ0v) is 12.5. The molecule has 0 aliphatic carbocycles. The van der Waals surface area contributed by atoms with Gasteiger partial charge in [-0.25, -0.2) is 8.78 Å². The summed E-state index contributed by atoms with van der Waals surface area (Å²) in [5, 5.41) is 0. The molecule has 20 heavy (non-hydrogen) atoms. The lowest BCUT2D eigenvalue weighted by Crippen LogP contribution is -2.05. The standard InChI is InChI=1S/C17H24F2O/c1-3-4-5-6-7-8-9-10-15(20)14-12-11-13(2)16(18)17(14)19/h11-12H,3-10H2,1-2H3. The maximum absolute atomic E-state index is 13.6. The summed E-state index contributed by atoms with van der Waals surface area (Å²) in [6.07, 6.45) is 8.04. The second-order valence-electron chi connectivity index (χ2n) is 5.35. The van der Waals surface area contributed by atoms with Gasteiger partial charge in [-0.1, -0.05) is 51.5 Å². The second-order valence-corrected chi connectivity index (χ2v) is 5.35. The predicted octanol–water partition coefficient (Wildman–Crippen LogP) is 5.60. The summed E-state index contributed by atoms with van der Waals surface area (Å²) in [4.78, 5) is 11.9. The Balaban J connectivity index is 2.35. The molecule has 1 aromatic rings. The first-order valence-corrected chi connectivity index (χ1v) is 7.55. The third-order valence-corrected chi connectivity index (χ3v) is 3.58. The Morgan fingerprint density at radius 2 is 1.55 bits per heavy atom. The number of rotatable bonds is 9. The van der Waals surface area contributed by atoms with Gasteiger partial charge in [-0.3, -0.25) is 4.79 Å². The number of unbranched alkanes of at least 4 members (excludes halogenated alkanes) is 6. The van der Waals surface area contributed by atoms with Crippen molar-refractivity contribution in [1.29, 1.82) is 0 Å². The Hall–Kier alpha value is -1.25. The number of aryl methyl sites for hydroxylation is 1. The van der Waals surface area contributed by atoms with Crippen LogP contribution in [-0.4, -0.2) is 5.78 Å². The van der Waals surface area contributed by atoms with Gasteiger partial charge in [0.05, 0.1) is 5.56 Å². The molecular weight excluding hydrogens is 258 g/mol. The number of carbonyl (C=O) groups excluding carboxylic acids is 1. The number of benzene rings is 1. The van der Waals surface area contributed by atoms with Gasteiger partial charge in [0.15, 0.2) is 17.4 Å². The van der Waals surface area contributed by atoms with Crippen LogP contribution in [0.1, 0.15) is 74.2 Å². The summed E-state index contributed by atoms with van der Waals surface area (Å²) < 4.78 is 27.0. The van der Waals surface area contributed by atoms with Crippen molar-refractivity contribution in [3.05, 3.63) is 34.9 Å². The zero-order valence-electron chi connectivity index (χ0n) is 12.5. The van der Waals surface area contributed by atoms with Crippen LogP contribution < -0.4 is 0 Å². The maximum atomic E-state index is 13.6. The third-order valence-electron chi connectivity index (χ3n) is 3.58. The molecule has 0 aliphatic heterocycles. The maximum Gasteiger partial charge on any atom is 0.169 e.